The highest BCUT2D eigenvalue weighted by atomic mass is 35.5. The van der Waals surface area contributed by atoms with Crippen LogP contribution in [0.15, 0.2) is 12.3 Å². The first-order valence-electron chi connectivity index (χ1n) is 6.08. The quantitative estimate of drug-likeness (QED) is 0.586. The Kier molecular flexibility index (Phi) is 4.54. The van der Waals surface area contributed by atoms with Crippen LogP contribution in [0, 0.1) is 0 Å². The van der Waals surface area contributed by atoms with E-state index in [4.69, 9.17) is 17.4 Å². The number of halogens is 1. The van der Waals surface area contributed by atoms with Crippen molar-refractivity contribution in [2.75, 3.05) is 17.7 Å². The van der Waals surface area contributed by atoms with Gasteiger partial charge in [-0.15, -0.1) is 0 Å². The largest absolute Gasteiger partial charge is 0.351 e. The molecule has 1 aromatic rings. The minimum atomic E-state index is -0.160. The molecule has 1 aliphatic rings. The normalized spacial score (nSPS) is 22.3. The van der Waals surface area contributed by atoms with E-state index in [1.807, 2.05) is 11.8 Å². The molecule has 2 heterocycles. The van der Waals surface area contributed by atoms with Crippen molar-refractivity contribution in [3.05, 3.63) is 22.8 Å². The number of carbonyl (C=O) groups is 1. The number of hydrazine groups is 1. The standard InChI is InChI=1S/C12H17ClN4OS/c1-12(3-2-4-19-12)7-16-11(18)8-5-9(13)10(17-14)15-6-8/h5-6H,2-4,7,14H2,1H3,(H,15,17)(H,16,18). The minimum absolute atomic E-state index is 0.144. The first-order chi connectivity index (χ1) is 9.04. The molecule has 19 heavy (non-hydrogen) atoms. The molecule has 5 nitrogen and oxygen atoms in total. The van der Waals surface area contributed by atoms with Crippen molar-refractivity contribution in [1.29, 1.82) is 0 Å². The predicted octanol–water partition coefficient (Wildman–Crippen LogP) is 2.04. The van der Waals surface area contributed by atoms with E-state index in [0.717, 1.165) is 12.2 Å². The van der Waals surface area contributed by atoms with E-state index in [9.17, 15) is 4.79 Å². The molecule has 7 heteroatoms. The highest BCUT2D eigenvalue weighted by Gasteiger charge is 2.29. The van der Waals surface area contributed by atoms with E-state index >= 15 is 0 Å². The van der Waals surface area contributed by atoms with Crippen molar-refractivity contribution in [2.45, 2.75) is 24.5 Å². The lowest BCUT2D eigenvalue weighted by Crippen LogP contribution is -2.36. The summed E-state index contributed by atoms with van der Waals surface area (Å²) >= 11 is 7.85. The third-order valence-corrected chi connectivity index (χ3v) is 4.99. The smallest absolute Gasteiger partial charge is 0.252 e. The van der Waals surface area contributed by atoms with Gasteiger partial charge in [0, 0.05) is 17.5 Å². The second-order valence-corrected chi connectivity index (χ2v) is 6.87. The fourth-order valence-corrected chi connectivity index (χ4v) is 3.48. The number of rotatable bonds is 4. The molecule has 0 saturated carbocycles. The summed E-state index contributed by atoms with van der Waals surface area (Å²) in [5.41, 5.74) is 2.81. The lowest BCUT2D eigenvalue weighted by molar-refractivity contribution is 0.0949. The van der Waals surface area contributed by atoms with Gasteiger partial charge < -0.3 is 10.7 Å². The Morgan fingerprint density at radius 2 is 2.47 bits per heavy atom. The number of pyridine rings is 1. The second-order valence-electron chi connectivity index (χ2n) is 4.78. The Bertz CT molecular complexity index is 477. The van der Waals surface area contributed by atoms with Gasteiger partial charge in [0.15, 0.2) is 5.82 Å². The maximum atomic E-state index is 12.0. The molecule has 0 bridgehead atoms. The van der Waals surface area contributed by atoms with Crippen LogP contribution in [0.25, 0.3) is 0 Å². The highest BCUT2D eigenvalue weighted by molar-refractivity contribution is 8.00. The number of amides is 1. The summed E-state index contributed by atoms with van der Waals surface area (Å²) in [5.74, 6) is 6.60. The first kappa shape index (κ1) is 14.4. The Morgan fingerprint density at radius 1 is 1.68 bits per heavy atom. The molecular formula is C12H17ClN4OS. The van der Waals surface area contributed by atoms with E-state index in [2.05, 4.69) is 22.7 Å². The van der Waals surface area contributed by atoms with Gasteiger partial charge in [-0.3, -0.25) is 4.79 Å². The molecule has 1 aromatic heterocycles. The van der Waals surface area contributed by atoms with Gasteiger partial charge in [-0.2, -0.15) is 11.8 Å². The maximum Gasteiger partial charge on any atom is 0.252 e. The van der Waals surface area contributed by atoms with Crippen molar-refractivity contribution in [1.82, 2.24) is 10.3 Å². The molecule has 104 valence electrons. The summed E-state index contributed by atoms with van der Waals surface area (Å²) in [6, 6.07) is 1.56. The summed E-state index contributed by atoms with van der Waals surface area (Å²) in [6.07, 6.45) is 3.80. The Morgan fingerprint density at radius 3 is 3.05 bits per heavy atom. The van der Waals surface area contributed by atoms with Gasteiger partial charge in [-0.1, -0.05) is 11.6 Å². The molecule has 0 spiro atoms. The van der Waals surface area contributed by atoms with E-state index in [0.29, 0.717) is 22.9 Å². The number of aromatic nitrogens is 1. The van der Waals surface area contributed by atoms with Crippen LogP contribution in [0.1, 0.15) is 30.1 Å². The average Bonchev–Trinajstić information content (AvgIpc) is 2.83. The molecule has 0 aromatic carbocycles. The SMILES string of the molecule is CC1(CNC(=O)c2cnc(NN)c(Cl)c2)CCCS1. The number of nitrogen functional groups attached to an aromatic ring is 1. The number of nitrogens with zero attached hydrogens (tertiary/aromatic N) is 1. The molecule has 1 atom stereocenters. The summed E-state index contributed by atoms with van der Waals surface area (Å²) in [5, 5.41) is 3.27. The van der Waals surface area contributed by atoms with Crippen molar-refractivity contribution in [2.24, 2.45) is 5.84 Å². The van der Waals surface area contributed by atoms with Crippen LogP contribution < -0.4 is 16.6 Å². The summed E-state index contributed by atoms with van der Waals surface area (Å²) < 4.78 is 0.144. The number of hydrogen-bond donors (Lipinski definition) is 3. The fourth-order valence-electron chi connectivity index (χ4n) is 2.01. The molecular weight excluding hydrogens is 284 g/mol. The van der Waals surface area contributed by atoms with Crippen LogP contribution in [0.4, 0.5) is 5.82 Å². The molecule has 1 fully saturated rings. The highest BCUT2D eigenvalue weighted by Crippen LogP contribution is 2.37. The van der Waals surface area contributed by atoms with E-state index in [1.165, 1.54) is 12.6 Å². The van der Waals surface area contributed by atoms with Crippen molar-refractivity contribution in [3.8, 4) is 0 Å². The van der Waals surface area contributed by atoms with Crippen molar-refractivity contribution in [3.63, 3.8) is 0 Å². The van der Waals surface area contributed by atoms with Gasteiger partial charge in [0.25, 0.3) is 5.91 Å². The van der Waals surface area contributed by atoms with Crippen molar-refractivity contribution >= 4 is 35.1 Å². The van der Waals surface area contributed by atoms with Crippen LogP contribution in [0.5, 0.6) is 0 Å². The molecule has 1 amide bonds. The zero-order valence-corrected chi connectivity index (χ0v) is 12.3. The van der Waals surface area contributed by atoms with E-state index in [1.54, 1.807) is 6.07 Å². The van der Waals surface area contributed by atoms with E-state index < -0.39 is 0 Å². The van der Waals surface area contributed by atoms with Gasteiger partial charge in [0.1, 0.15) is 0 Å². The number of nitrogens with two attached hydrogens (primary N) is 1. The third kappa shape index (κ3) is 3.52. The molecule has 1 saturated heterocycles. The van der Waals surface area contributed by atoms with E-state index in [-0.39, 0.29) is 10.7 Å². The topological polar surface area (TPSA) is 80.0 Å². The lowest BCUT2D eigenvalue weighted by Gasteiger charge is -2.22. The number of anilines is 1. The number of carbonyl (C=O) groups excluding carboxylic acids is 1. The summed E-state index contributed by atoms with van der Waals surface area (Å²) in [7, 11) is 0. The zero-order chi connectivity index (χ0) is 13.9. The number of hydrogen-bond acceptors (Lipinski definition) is 5. The lowest BCUT2D eigenvalue weighted by atomic mass is 10.1. The Balaban J connectivity index is 1.98. The van der Waals surface area contributed by atoms with Crippen LogP contribution in [0.3, 0.4) is 0 Å². The summed E-state index contributed by atoms with van der Waals surface area (Å²) in [4.78, 5) is 16.0. The Labute approximate surface area is 121 Å². The van der Waals surface area contributed by atoms with Gasteiger partial charge >= 0.3 is 0 Å². The molecule has 0 aliphatic carbocycles. The first-order valence-corrected chi connectivity index (χ1v) is 7.45. The van der Waals surface area contributed by atoms with Gasteiger partial charge in [0.05, 0.1) is 10.6 Å². The number of thioether (sulfide) groups is 1. The minimum Gasteiger partial charge on any atom is -0.351 e. The second kappa shape index (κ2) is 5.98. The summed E-state index contributed by atoms with van der Waals surface area (Å²) in [6.45, 7) is 2.84. The van der Waals surface area contributed by atoms with Crippen LogP contribution in [-0.2, 0) is 0 Å². The maximum absolute atomic E-state index is 12.0. The fraction of sp³-hybridized carbons (Fsp3) is 0.500. The number of nitrogens with one attached hydrogen (secondary N) is 2. The van der Waals surface area contributed by atoms with Gasteiger partial charge in [-0.25, -0.2) is 10.8 Å². The monoisotopic (exact) mass is 300 g/mol. The molecule has 2 rings (SSSR count). The molecule has 0 radical (unpaired) electrons. The zero-order valence-electron chi connectivity index (χ0n) is 10.7. The molecule has 1 aliphatic heterocycles. The van der Waals surface area contributed by atoms with Crippen LogP contribution >= 0.6 is 23.4 Å². The van der Waals surface area contributed by atoms with Crippen molar-refractivity contribution < 1.29 is 4.79 Å². The molecule has 1 unspecified atom stereocenters. The van der Waals surface area contributed by atoms with Crippen LogP contribution in [-0.4, -0.2) is 27.9 Å². The van der Waals surface area contributed by atoms with Crippen LogP contribution in [0.2, 0.25) is 5.02 Å². The van der Waals surface area contributed by atoms with Gasteiger partial charge in [0.2, 0.25) is 0 Å². The Hall–Kier alpha value is -0.980. The predicted molar refractivity (Wildman–Crippen MR) is 79.5 cm³/mol. The van der Waals surface area contributed by atoms with Gasteiger partial charge in [-0.05, 0) is 31.6 Å². The molecule has 4 N–H and O–H groups in total. The third-order valence-electron chi connectivity index (χ3n) is 3.16. The average molecular weight is 301 g/mol.